The Morgan fingerprint density at radius 3 is 2.65 bits per heavy atom. The van der Waals surface area contributed by atoms with Gasteiger partial charge in [-0.1, -0.05) is 23.7 Å². The molecule has 0 N–H and O–H groups in total. The lowest BCUT2D eigenvalue weighted by atomic mass is 10.1. The molecule has 8 heteroatoms. The Bertz CT molecular complexity index is 1050. The number of hydrogen-bond donors (Lipinski definition) is 0. The molecule has 6 rings (SSSR count). The molecule has 7 nitrogen and oxygen atoms in total. The van der Waals surface area contributed by atoms with Crippen LogP contribution in [0.3, 0.4) is 0 Å². The van der Waals surface area contributed by atoms with Crippen molar-refractivity contribution in [3.8, 4) is 0 Å². The maximum Gasteiger partial charge on any atom is 0.330 e. The van der Waals surface area contributed by atoms with E-state index in [-0.39, 0.29) is 12.1 Å². The molecule has 31 heavy (non-hydrogen) atoms. The Morgan fingerprint density at radius 2 is 1.90 bits per heavy atom. The second-order valence-corrected chi connectivity index (χ2v) is 9.06. The molecule has 1 atom stereocenters. The van der Waals surface area contributed by atoms with Gasteiger partial charge in [-0.05, 0) is 42.5 Å². The first kappa shape index (κ1) is 19.1. The van der Waals surface area contributed by atoms with Crippen LogP contribution in [0.2, 0.25) is 5.02 Å². The van der Waals surface area contributed by atoms with Crippen molar-refractivity contribution in [1.29, 1.82) is 0 Å². The quantitative estimate of drug-likeness (QED) is 0.733. The highest BCUT2D eigenvalue weighted by atomic mass is 35.5. The number of morpholine rings is 1. The van der Waals surface area contributed by atoms with Gasteiger partial charge >= 0.3 is 6.03 Å². The van der Waals surface area contributed by atoms with Crippen LogP contribution in [0, 0.1) is 5.92 Å². The van der Waals surface area contributed by atoms with Gasteiger partial charge in [0.1, 0.15) is 5.69 Å². The number of carbonyl (C=O) groups excluding carboxylic acids is 1. The van der Waals surface area contributed by atoms with Gasteiger partial charge in [-0.3, -0.25) is 14.8 Å². The Balaban J connectivity index is 1.40. The minimum Gasteiger partial charge on any atom is -0.378 e. The second kappa shape index (κ2) is 7.50. The van der Waals surface area contributed by atoms with E-state index >= 15 is 0 Å². The molecule has 1 aromatic carbocycles. The molecular formula is C23H24ClN5O2. The van der Waals surface area contributed by atoms with Gasteiger partial charge in [0.15, 0.2) is 5.84 Å². The minimum absolute atomic E-state index is 0.0229. The van der Waals surface area contributed by atoms with Crippen molar-refractivity contribution >= 4 is 34.8 Å². The number of aliphatic imine (C=N–C) groups is 1. The molecule has 160 valence electrons. The molecule has 1 unspecified atom stereocenters. The van der Waals surface area contributed by atoms with Crippen LogP contribution in [0.1, 0.15) is 24.1 Å². The van der Waals surface area contributed by atoms with E-state index in [4.69, 9.17) is 26.3 Å². The van der Waals surface area contributed by atoms with Crippen molar-refractivity contribution in [2.24, 2.45) is 10.9 Å². The zero-order valence-corrected chi connectivity index (χ0v) is 18.0. The number of pyridine rings is 1. The summed E-state index contributed by atoms with van der Waals surface area (Å²) >= 11 is 6.07. The third kappa shape index (κ3) is 3.46. The van der Waals surface area contributed by atoms with Gasteiger partial charge < -0.3 is 9.64 Å². The van der Waals surface area contributed by atoms with E-state index < -0.39 is 0 Å². The second-order valence-electron chi connectivity index (χ2n) is 8.62. The number of hydrogen-bond acceptors (Lipinski definition) is 5. The number of amidine groups is 1. The van der Waals surface area contributed by atoms with Crippen molar-refractivity contribution in [3.63, 3.8) is 0 Å². The number of benzene rings is 1. The summed E-state index contributed by atoms with van der Waals surface area (Å²) in [6, 6.07) is 9.92. The molecule has 4 aliphatic rings. The van der Waals surface area contributed by atoms with Gasteiger partial charge in [0, 0.05) is 18.1 Å². The average Bonchev–Trinajstić information content (AvgIpc) is 3.56. The molecule has 1 saturated carbocycles. The SMILES string of the molecule is O=C1N2CC(C3CC3)N=C2c2ncc(N3CCOCC3)cc2N1Cc1ccc(Cl)cc1. The summed E-state index contributed by atoms with van der Waals surface area (Å²) in [4.78, 5) is 29.3. The summed E-state index contributed by atoms with van der Waals surface area (Å²) in [5.41, 5.74) is 3.67. The highest BCUT2D eigenvalue weighted by Gasteiger charge is 2.45. The maximum absolute atomic E-state index is 13.6. The van der Waals surface area contributed by atoms with Crippen LogP contribution in [0.25, 0.3) is 0 Å². The number of anilines is 2. The lowest BCUT2D eigenvalue weighted by Gasteiger charge is -2.36. The molecule has 1 aliphatic carbocycles. The van der Waals surface area contributed by atoms with Crippen molar-refractivity contribution in [3.05, 3.63) is 52.8 Å². The van der Waals surface area contributed by atoms with Crippen LogP contribution in [0.5, 0.6) is 0 Å². The Morgan fingerprint density at radius 1 is 1.13 bits per heavy atom. The van der Waals surface area contributed by atoms with Crippen LogP contribution < -0.4 is 9.80 Å². The molecule has 0 bridgehead atoms. The lowest BCUT2D eigenvalue weighted by Crippen LogP contribution is -2.50. The molecule has 2 aromatic rings. The summed E-state index contributed by atoms with van der Waals surface area (Å²) in [6.45, 7) is 4.17. The van der Waals surface area contributed by atoms with Gasteiger partial charge in [-0.15, -0.1) is 0 Å². The number of halogens is 1. The van der Waals surface area contributed by atoms with Gasteiger partial charge in [0.05, 0.1) is 49.9 Å². The third-order valence-corrected chi connectivity index (χ3v) is 6.78. The molecule has 0 spiro atoms. The topological polar surface area (TPSA) is 61.3 Å². The van der Waals surface area contributed by atoms with Gasteiger partial charge in [-0.2, -0.15) is 0 Å². The van der Waals surface area contributed by atoms with Crippen molar-refractivity contribution in [1.82, 2.24) is 9.88 Å². The number of rotatable bonds is 4. The van der Waals surface area contributed by atoms with Crippen molar-refractivity contribution in [2.75, 3.05) is 42.6 Å². The van der Waals surface area contributed by atoms with Crippen molar-refractivity contribution in [2.45, 2.75) is 25.4 Å². The number of urea groups is 1. The number of nitrogens with zero attached hydrogens (tertiary/aromatic N) is 5. The largest absolute Gasteiger partial charge is 0.378 e. The zero-order chi connectivity index (χ0) is 20.9. The van der Waals surface area contributed by atoms with Crippen LogP contribution in [0.15, 0.2) is 41.5 Å². The van der Waals surface area contributed by atoms with E-state index in [9.17, 15) is 4.79 Å². The van der Waals surface area contributed by atoms with Crippen molar-refractivity contribution < 1.29 is 9.53 Å². The fourth-order valence-corrected chi connectivity index (χ4v) is 4.75. The average molecular weight is 438 g/mol. The normalized spacial score (nSPS) is 23.0. The Hall–Kier alpha value is -2.64. The first-order chi connectivity index (χ1) is 15.2. The zero-order valence-electron chi connectivity index (χ0n) is 17.2. The molecule has 1 saturated heterocycles. The van der Waals surface area contributed by atoms with E-state index in [1.165, 1.54) is 12.8 Å². The Kier molecular flexibility index (Phi) is 4.61. The van der Waals surface area contributed by atoms with Crippen LogP contribution in [-0.2, 0) is 11.3 Å². The highest BCUT2D eigenvalue weighted by molar-refractivity contribution is 6.30. The molecule has 1 aromatic heterocycles. The molecule has 2 fully saturated rings. The lowest BCUT2D eigenvalue weighted by molar-refractivity contribution is 0.122. The maximum atomic E-state index is 13.6. The smallest absolute Gasteiger partial charge is 0.330 e. The molecule has 4 heterocycles. The van der Waals surface area contributed by atoms with Gasteiger partial charge in [0.25, 0.3) is 0 Å². The van der Waals surface area contributed by atoms with E-state index in [0.717, 1.165) is 41.6 Å². The standard InChI is InChI=1S/C23H24ClN5O2/c24-17-5-1-15(2-6-17)13-28-20-11-18(27-7-9-31-10-8-27)12-25-21(20)22-26-19(16-3-4-16)14-29(22)23(28)30/h1-2,5-6,11-12,16,19H,3-4,7-10,13-14H2. The van der Waals surface area contributed by atoms with Gasteiger partial charge in [0.2, 0.25) is 0 Å². The first-order valence-corrected chi connectivity index (χ1v) is 11.3. The summed E-state index contributed by atoms with van der Waals surface area (Å²) in [7, 11) is 0. The van der Waals surface area contributed by atoms with E-state index in [1.807, 2.05) is 40.3 Å². The van der Waals surface area contributed by atoms with E-state index in [2.05, 4.69) is 11.0 Å². The molecule has 3 aliphatic heterocycles. The fourth-order valence-electron chi connectivity index (χ4n) is 4.62. The summed E-state index contributed by atoms with van der Waals surface area (Å²) in [5, 5.41) is 0.687. The predicted molar refractivity (Wildman–Crippen MR) is 120 cm³/mol. The monoisotopic (exact) mass is 437 g/mol. The predicted octanol–water partition coefficient (Wildman–Crippen LogP) is 3.55. The summed E-state index contributed by atoms with van der Waals surface area (Å²) < 4.78 is 5.49. The fraction of sp³-hybridized carbons (Fsp3) is 0.435. The number of carbonyl (C=O) groups is 1. The third-order valence-electron chi connectivity index (χ3n) is 6.53. The van der Waals surface area contributed by atoms with Gasteiger partial charge in [-0.25, -0.2) is 9.78 Å². The van der Waals surface area contributed by atoms with E-state index in [1.54, 1.807) is 0 Å². The minimum atomic E-state index is -0.0229. The summed E-state index contributed by atoms with van der Waals surface area (Å²) in [6.07, 6.45) is 4.31. The number of ether oxygens (including phenoxy) is 1. The summed E-state index contributed by atoms with van der Waals surface area (Å²) in [5.74, 6) is 1.34. The number of aromatic nitrogens is 1. The van der Waals surface area contributed by atoms with E-state index in [0.29, 0.717) is 37.2 Å². The Labute approximate surface area is 186 Å². The number of amides is 2. The molecule has 2 amide bonds. The molecule has 0 radical (unpaired) electrons. The highest BCUT2D eigenvalue weighted by Crippen LogP contribution is 2.41. The van der Waals surface area contributed by atoms with Crippen LogP contribution in [0.4, 0.5) is 16.2 Å². The first-order valence-electron chi connectivity index (χ1n) is 10.9. The molecular weight excluding hydrogens is 414 g/mol. The van der Waals surface area contributed by atoms with Crippen LogP contribution in [-0.4, -0.2) is 60.6 Å². The van der Waals surface area contributed by atoms with Crippen LogP contribution >= 0.6 is 11.6 Å². The number of fused-ring (bicyclic) bond motifs is 3.